The minimum atomic E-state index is -2.27. The van der Waals surface area contributed by atoms with Gasteiger partial charge in [-0.1, -0.05) is 30.3 Å². The molecule has 1 rings (SSSR count). The molecule has 0 radical (unpaired) electrons. The van der Waals surface area contributed by atoms with Gasteiger partial charge in [0, 0.05) is 0 Å². The molecule has 102 valence electrons. The lowest BCUT2D eigenvalue weighted by atomic mass is 9.70. The van der Waals surface area contributed by atoms with Crippen LogP contribution in [0.2, 0.25) is 0 Å². The number of carbonyl (C=O) groups excluding carboxylic acids is 4. The molecule has 0 amide bonds. The summed E-state index contributed by atoms with van der Waals surface area (Å²) in [5.74, 6) is -4.53. The van der Waals surface area contributed by atoms with Crippen molar-refractivity contribution in [2.24, 2.45) is 0 Å². The third kappa shape index (κ3) is 2.34. The van der Waals surface area contributed by atoms with E-state index in [4.69, 9.17) is 5.26 Å². The van der Waals surface area contributed by atoms with E-state index in [0.29, 0.717) is 0 Å². The number of carbonyl (C=O) groups is 4. The highest BCUT2D eigenvalue weighted by atomic mass is 16.5. The lowest BCUT2D eigenvalue weighted by Gasteiger charge is -2.25. The zero-order valence-electron chi connectivity index (χ0n) is 10.9. The molecular formula is C14H11NO5. The maximum absolute atomic E-state index is 12.2. The fourth-order valence-electron chi connectivity index (χ4n) is 2.03. The Balaban J connectivity index is 3.55. The van der Waals surface area contributed by atoms with Crippen molar-refractivity contribution >= 4 is 23.3 Å². The second-order valence-corrected chi connectivity index (χ2v) is 4.04. The third-order valence-corrected chi connectivity index (χ3v) is 2.93. The van der Waals surface area contributed by atoms with E-state index in [1.54, 1.807) is 6.07 Å². The summed E-state index contributed by atoms with van der Waals surface area (Å²) in [7, 11) is 0. The van der Waals surface area contributed by atoms with Crippen LogP contribution in [0.25, 0.3) is 0 Å². The smallest absolute Gasteiger partial charge is 0.345 e. The number of hydrogen-bond acceptors (Lipinski definition) is 6. The molecule has 0 fully saturated rings. The van der Waals surface area contributed by atoms with Gasteiger partial charge in [0.2, 0.25) is 0 Å². The molecule has 0 aliphatic carbocycles. The zero-order chi connectivity index (χ0) is 15.3. The molecule has 6 heteroatoms. The molecule has 0 atom stereocenters. The van der Waals surface area contributed by atoms with Crippen LogP contribution >= 0.6 is 0 Å². The average Bonchev–Trinajstić information content (AvgIpc) is 2.40. The minimum Gasteiger partial charge on any atom is -0.345 e. The van der Waals surface area contributed by atoms with Crippen LogP contribution < -0.4 is 0 Å². The second kappa shape index (κ2) is 5.89. The number of hydrogen-bond donors (Lipinski definition) is 0. The first kappa shape index (κ1) is 15.2. The van der Waals surface area contributed by atoms with Crippen molar-refractivity contribution in [1.29, 1.82) is 5.26 Å². The molecule has 0 spiro atoms. The van der Waals surface area contributed by atoms with E-state index in [1.807, 2.05) is 0 Å². The van der Waals surface area contributed by atoms with Gasteiger partial charge in [0.15, 0.2) is 17.0 Å². The lowest BCUT2D eigenvalue weighted by molar-refractivity contribution is -0.156. The fourth-order valence-corrected chi connectivity index (χ4v) is 2.03. The van der Waals surface area contributed by atoms with Crippen molar-refractivity contribution in [2.45, 2.75) is 19.3 Å². The average molecular weight is 273 g/mol. The standard InChI is InChI=1S/C14H11NO5/c1-9(16)14(10(2)17,11-6-4-3-5-7-11)12(18)13(19)20-8-15/h3-7H,1-2H3. The molecule has 0 unspecified atom stereocenters. The Labute approximate surface area is 115 Å². The molecule has 1 aromatic rings. The zero-order valence-corrected chi connectivity index (χ0v) is 10.9. The summed E-state index contributed by atoms with van der Waals surface area (Å²) in [6.45, 7) is 2.07. The van der Waals surface area contributed by atoms with E-state index in [-0.39, 0.29) is 5.56 Å². The maximum atomic E-state index is 12.2. The molecule has 0 N–H and O–H groups in total. The Morgan fingerprint density at radius 1 is 1.05 bits per heavy atom. The van der Waals surface area contributed by atoms with E-state index in [9.17, 15) is 19.2 Å². The summed E-state index contributed by atoms with van der Waals surface area (Å²) in [6, 6.07) is 7.46. The van der Waals surface area contributed by atoms with E-state index in [1.165, 1.54) is 24.3 Å². The van der Waals surface area contributed by atoms with Gasteiger partial charge in [-0.25, -0.2) is 4.79 Å². The molecule has 0 saturated heterocycles. The summed E-state index contributed by atoms with van der Waals surface area (Å²) in [5, 5.41) is 8.28. The monoisotopic (exact) mass is 273 g/mol. The summed E-state index contributed by atoms with van der Waals surface area (Å²) >= 11 is 0. The van der Waals surface area contributed by atoms with Gasteiger partial charge >= 0.3 is 5.97 Å². The van der Waals surface area contributed by atoms with E-state index in [0.717, 1.165) is 20.1 Å². The van der Waals surface area contributed by atoms with Crippen LogP contribution in [-0.4, -0.2) is 23.3 Å². The SMILES string of the molecule is CC(=O)C(C(C)=O)(C(=O)C(=O)OC#N)c1ccccc1. The van der Waals surface area contributed by atoms with Gasteiger partial charge in [0.25, 0.3) is 12.0 Å². The van der Waals surface area contributed by atoms with Crippen LogP contribution in [-0.2, 0) is 29.3 Å². The Kier molecular flexibility index (Phi) is 4.49. The number of benzene rings is 1. The Morgan fingerprint density at radius 3 is 1.95 bits per heavy atom. The number of ketones is 3. The predicted molar refractivity (Wildman–Crippen MR) is 66.2 cm³/mol. The summed E-state index contributed by atoms with van der Waals surface area (Å²) in [4.78, 5) is 47.5. The first-order chi connectivity index (χ1) is 9.38. The first-order valence-electron chi connectivity index (χ1n) is 5.61. The molecule has 0 aliphatic heterocycles. The number of ether oxygens (including phenoxy) is 1. The fraction of sp³-hybridized carbons (Fsp3) is 0.214. The van der Waals surface area contributed by atoms with Gasteiger partial charge in [0.05, 0.1) is 0 Å². The van der Waals surface area contributed by atoms with Crippen LogP contribution in [0.15, 0.2) is 30.3 Å². The van der Waals surface area contributed by atoms with Crippen molar-refractivity contribution in [3.63, 3.8) is 0 Å². The van der Waals surface area contributed by atoms with E-state index in [2.05, 4.69) is 4.74 Å². The minimum absolute atomic E-state index is 0.0693. The molecular weight excluding hydrogens is 262 g/mol. The van der Waals surface area contributed by atoms with Crippen molar-refractivity contribution in [3.8, 4) is 6.26 Å². The molecule has 0 aliphatic rings. The summed E-state index contributed by atoms with van der Waals surface area (Å²) < 4.78 is 3.94. The highest BCUT2D eigenvalue weighted by molar-refractivity contribution is 6.49. The van der Waals surface area contributed by atoms with Crippen LogP contribution in [0.5, 0.6) is 0 Å². The molecule has 20 heavy (non-hydrogen) atoms. The highest BCUT2D eigenvalue weighted by Crippen LogP contribution is 2.28. The first-order valence-corrected chi connectivity index (χ1v) is 5.61. The second-order valence-electron chi connectivity index (χ2n) is 4.04. The van der Waals surface area contributed by atoms with Gasteiger partial charge in [-0.15, -0.1) is 5.26 Å². The normalized spacial score (nSPS) is 10.2. The predicted octanol–water partition coefficient (Wildman–Crippen LogP) is 0.696. The van der Waals surface area contributed by atoms with Gasteiger partial charge in [-0.05, 0) is 19.4 Å². The van der Waals surface area contributed by atoms with Crippen molar-refractivity contribution in [2.75, 3.05) is 0 Å². The van der Waals surface area contributed by atoms with Gasteiger partial charge in [0.1, 0.15) is 0 Å². The maximum Gasteiger partial charge on any atom is 0.391 e. The van der Waals surface area contributed by atoms with Crippen LogP contribution in [0, 0.1) is 11.5 Å². The lowest BCUT2D eigenvalue weighted by Crippen LogP contribution is -2.51. The van der Waals surface area contributed by atoms with Crippen LogP contribution in [0.4, 0.5) is 0 Å². The van der Waals surface area contributed by atoms with E-state index >= 15 is 0 Å². The molecule has 0 saturated carbocycles. The Hall–Kier alpha value is -2.81. The largest absolute Gasteiger partial charge is 0.391 e. The van der Waals surface area contributed by atoms with Crippen LogP contribution in [0.1, 0.15) is 19.4 Å². The Morgan fingerprint density at radius 2 is 1.55 bits per heavy atom. The molecule has 0 bridgehead atoms. The topological polar surface area (TPSA) is 101 Å². The molecule has 0 aromatic heterocycles. The number of nitrogens with zero attached hydrogens (tertiary/aromatic N) is 1. The van der Waals surface area contributed by atoms with E-state index < -0.39 is 28.7 Å². The number of rotatable bonds is 5. The Bertz CT molecular complexity index is 598. The molecule has 1 aromatic carbocycles. The van der Waals surface area contributed by atoms with Crippen molar-refractivity contribution in [1.82, 2.24) is 0 Å². The quantitative estimate of drug-likeness (QED) is 0.338. The number of Topliss-reactive ketones (excluding diaryl/α,β-unsaturated/α-hetero) is 3. The summed E-state index contributed by atoms with van der Waals surface area (Å²) in [6.07, 6.45) is 1.06. The molecule has 0 heterocycles. The van der Waals surface area contributed by atoms with Gasteiger partial charge in [-0.2, -0.15) is 0 Å². The number of nitriles is 1. The third-order valence-electron chi connectivity index (χ3n) is 2.93. The van der Waals surface area contributed by atoms with Gasteiger partial charge in [-0.3, -0.25) is 14.4 Å². The number of esters is 1. The summed E-state index contributed by atoms with van der Waals surface area (Å²) in [5.41, 5.74) is -2.20. The van der Waals surface area contributed by atoms with Crippen molar-refractivity contribution < 1.29 is 23.9 Å². The van der Waals surface area contributed by atoms with Crippen LogP contribution in [0.3, 0.4) is 0 Å². The van der Waals surface area contributed by atoms with Gasteiger partial charge < -0.3 is 4.74 Å². The van der Waals surface area contributed by atoms with Crippen molar-refractivity contribution in [3.05, 3.63) is 35.9 Å². The molecule has 6 nitrogen and oxygen atoms in total. The highest BCUT2D eigenvalue weighted by Gasteiger charge is 2.53.